The molecule has 83 heavy (non-hydrogen) atoms. The minimum atomic E-state index is -0.994. The molecular weight excluding hydrogens is 1060 g/mol. The summed E-state index contributed by atoms with van der Waals surface area (Å²) in [6.07, 6.45) is 15.5. The summed E-state index contributed by atoms with van der Waals surface area (Å²) in [4.78, 5) is 69.6. The number of piperidine rings is 2. The lowest BCUT2D eigenvalue weighted by Gasteiger charge is -2.35. The first-order valence-electron chi connectivity index (χ1n) is 27.7. The molecule has 23 heteroatoms. The fourth-order valence-corrected chi connectivity index (χ4v) is 9.71. The first-order valence-corrected chi connectivity index (χ1v) is 27.7. The molecule has 23 nitrogen and oxygen atoms in total. The maximum Gasteiger partial charge on any atom is 0.335 e. The topological polar surface area (TPSA) is 308 Å². The molecular formula is C60H70N16O7. The van der Waals surface area contributed by atoms with Gasteiger partial charge in [0.05, 0.1) is 18.0 Å². The number of hydrogen-bond acceptors (Lipinski definition) is 17. The number of aliphatic hydroxyl groups excluding tert-OH is 2. The molecule has 0 spiro atoms. The smallest absolute Gasteiger partial charge is 0.335 e. The van der Waals surface area contributed by atoms with E-state index in [0.717, 1.165) is 104 Å². The number of nitrogens with two attached hydrogens (primary N) is 1. The maximum atomic E-state index is 12.9. The molecule has 2 unspecified atom stereocenters. The fraction of sp³-hybridized carbons (Fsp3) is 0.300. The largest absolute Gasteiger partial charge is 0.478 e. The van der Waals surface area contributed by atoms with Gasteiger partial charge in [-0.25, -0.2) is 4.79 Å². The molecule has 8 aromatic rings. The number of nitrogens with zero attached hydrogens (tertiary/aromatic N) is 10. The third kappa shape index (κ3) is 15.4. The van der Waals surface area contributed by atoms with Crippen LogP contribution in [0, 0.1) is 0 Å². The highest BCUT2D eigenvalue weighted by atomic mass is 16.4. The van der Waals surface area contributed by atoms with Crippen LogP contribution in [0.1, 0.15) is 97.1 Å². The quantitative estimate of drug-likeness (QED) is 0.0270. The van der Waals surface area contributed by atoms with E-state index in [4.69, 9.17) is 30.8 Å². The zero-order chi connectivity index (χ0) is 58.8. The minimum absolute atomic E-state index is 0.121. The van der Waals surface area contributed by atoms with Crippen LogP contribution in [0.15, 0.2) is 135 Å². The van der Waals surface area contributed by atoms with Crippen LogP contribution in [0.4, 0.5) is 57.9 Å². The Balaban J connectivity index is 0.000000184. The Bertz CT molecular complexity index is 3550. The van der Waals surface area contributed by atoms with Gasteiger partial charge in [-0.05, 0) is 161 Å². The summed E-state index contributed by atoms with van der Waals surface area (Å²) < 4.78 is 3.45. The Labute approximate surface area is 480 Å². The molecule has 2 aliphatic heterocycles. The molecule has 0 aliphatic carbocycles. The highest BCUT2D eigenvalue weighted by Crippen LogP contribution is 2.30. The van der Waals surface area contributed by atoms with Crippen molar-refractivity contribution in [2.24, 2.45) is 0 Å². The van der Waals surface area contributed by atoms with E-state index in [1.54, 1.807) is 39.4 Å². The van der Waals surface area contributed by atoms with Gasteiger partial charge < -0.3 is 57.4 Å². The van der Waals surface area contributed by atoms with Gasteiger partial charge in [-0.1, -0.05) is 39.1 Å². The van der Waals surface area contributed by atoms with E-state index in [9.17, 15) is 29.4 Å². The van der Waals surface area contributed by atoms with Crippen LogP contribution in [0.2, 0.25) is 0 Å². The number of carboxylic acid groups (broad SMARTS) is 1. The molecule has 0 radical (unpaired) electrons. The molecule has 0 bridgehead atoms. The maximum absolute atomic E-state index is 12.9. The van der Waals surface area contributed by atoms with Gasteiger partial charge in [0.15, 0.2) is 11.3 Å². The van der Waals surface area contributed by atoms with Gasteiger partial charge in [-0.15, -0.1) is 0 Å². The molecule has 2 saturated heterocycles. The van der Waals surface area contributed by atoms with Gasteiger partial charge in [0.25, 0.3) is 5.91 Å². The number of hydrogen-bond donors (Lipinski definition) is 9. The standard InChI is InChI=1S/C30H34N8O3.C20H27N7O.C10H9NO3/c1-3-20-19-31-38-27(20)35-29(37-16-6-5-10-25(37)15-17-39)36-30(38)34-24-9-7-8-23(18-24)33-28(41)21-11-13-22(14-12-21)32-26(40)4-2;1-2-14-13-22-27-18(14)24-19(26-10-4-3-8-17(26)9-11-28)25-20(27)23-16-7-5-6-15(21)12-16;1-2-9(12)11-8-5-3-7(4-6-8)10(13)14/h4,7-9,11-14,18-19,25,39H,2-3,5-6,10,15-17H2,1H3,(H,32,40)(H,33,41)(H,34,35,36);5-7,12-13,17,28H,2-4,8-11,21H2,1H3,(H,23,24,25);2-6H,1H2,(H,11,12)(H,13,14). The van der Waals surface area contributed by atoms with Crippen LogP contribution < -0.4 is 42.1 Å². The molecule has 0 saturated carbocycles. The van der Waals surface area contributed by atoms with Gasteiger partial charge in [0, 0.05) is 89.2 Å². The summed E-state index contributed by atoms with van der Waals surface area (Å²) in [5, 5.41) is 51.5. The number of aliphatic hydroxyl groups is 2. The molecule has 2 fully saturated rings. The average Bonchev–Trinajstić information content (AvgIpc) is 4.37. The number of nitrogen functional groups attached to an aromatic ring is 1. The summed E-state index contributed by atoms with van der Waals surface area (Å²) >= 11 is 0. The average molecular weight is 1130 g/mol. The number of aromatic nitrogens is 8. The van der Waals surface area contributed by atoms with Crippen LogP contribution in [0.3, 0.4) is 0 Å². The third-order valence-electron chi connectivity index (χ3n) is 14.0. The first kappa shape index (κ1) is 59.4. The normalized spacial score (nSPS) is 14.7. The van der Waals surface area contributed by atoms with Crippen molar-refractivity contribution in [2.75, 3.05) is 68.4 Å². The van der Waals surface area contributed by atoms with Crippen LogP contribution in [0.25, 0.3) is 11.3 Å². The number of carbonyl (C=O) groups excluding carboxylic acids is 3. The van der Waals surface area contributed by atoms with Crippen molar-refractivity contribution in [3.05, 3.63) is 157 Å². The predicted molar refractivity (Wildman–Crippen MR) is 323 cm³/mol. The predicted octanol–water partition coefficient (Wildman–Crippen LogP) is 8.81. The Hall–Kier alpha value is -9.74. The molecule has 6 heterocycles. The van der Waals surface area contributed by atoms with Crippen molar-refractivity contribution in [1.82, 2.24) is 39.2 Å². The number of aryl methyl sites for hydroxylation is 2. The van der Waals surface area contributed by atoms with Crippen molar-refractivity contribution < 1.29 is 34.5 Å². The summed E-state index contributed by atoms with van der Waals surface area (Å²) in [7, 11) is 0. The monoisotopic (exact) mass is 1130 g/mol. The highest BCUT2D eigenvalue weighted by Gasteiger charge is 2.28. The van der Waals surface area contributed by atoms with E-state index in [-0.39, 0.29) is 48.6 Å². The van der Waals surface area contributed by atoms with Gasteiger partial charge in [-0.3, -0.25) is 14.4 Å². The first-order chi connectivity index (χ1) is 40.3. The molecule has 4 aromatic heterocycles. The molecule has 10 N–H and O–H groups in total. The summed E-state index contributed by atoms with van der Waals surface area (Å²) in [5.74, 6) is 0.506. The van der Waals surface area contributed by atoms with Crippen molar-refractivity contribution in [2.45, 2.75) is 90.1 Å². The number of nitrogens with one attached hydrogen (secondary N) is 5. The fourth-order valence-electron chi connectivity index (χ4n) is 9.71. The van der Waals surface area contributed by atoms with Crippen LogP contribution in [-0.2, 0) is 22.4 Å². The van der Waals surface area contributed by atoms with E-state index in [1.807, 2.05) is 54.9 Å². The summed E-state index contributed by atoms with van der Waals surface area (Å²) in [6, 6.07) is 27.8. The Kier molecular flexibility index (Phi) is 20.5. The van der Waals surface area contributed by atoms with Crippen molar-refractivity contribution in [1.29, 1.82) is 0 Å². The molecule has 2 atom stereocenters. The van der Waals surface area contributed by atoms with Gasteiger partial charge >= 0.3 is 5.97 Å². The number of carboxylic acids is 1. The van der Waals surface area contributed by atoms with Crippen molar-refractivity contribution in [3.8, 4) is 0 Å². The van der Waals surface area contributed by atoms with Gasteiger partial charge in [-0.2, -0.15) is 39.2 Å². The van der Waals surface area contributed by atoms with Crippen LogP contribution in [-0.4, -0.2) is 117 Å². The van der Waals surface area contributed by atoms with E-state index in [2.05, 4.69) is 73.6 Å². The number of rotatable bonds is 19. The van der Waals surface area contributed by atoms with E-state index in [1.165, 1.54) is 36.8 Å². The minimum Gasteiger partial charge on any atom is -0.478 e. The molecule has 2 aliphatic rings. The zero-order valence-corrected chi connectivity index (χ0v) is 46.5. The Morgan fingerprint density at radius 3 is 1.49 bits per heavy atom. The lowest BCUT2D eigenvalue weighted by atomic mass is 10.0. The zero-order valence-electron chi connectivity index (χ0n) is 46.5. The molecule has 432 valence electrons. The molecule has 3 amide bonds. The van der Waals surface area contributed by atoms with Crippen molar-refractivity contribution >= 4 is 92.9 Å². The van der Waals surface area contributed by atoms with E-state index >= 15 is 0 Å². The summed E-state index contributed by atoms with van der Waals surface area (Å²) in [6.45, 7) is 12.9. The highest BCUT2D eigenvalue weighted by molar-refractivity contribution is 6.05. The SMILES string of the molecule is C=CC(=O)Nc1ccc(C(=O)Nc2cccc(Nc3nc(N4CCCCC4CCO)nc4c(CC)cnn34)c2)cc1.C=CC(=O)Nc1ccc(C(=O)O)cc1.CCc1cnn2c(Nc3cccc(N)c3)nc(N3CCCCC3CCO)nc12. The van der Waals surface area contributed by atoms with Gasteiger partial charge in [0.1, 0.15) is 0 Å². The van der Waals surface area contributed by atoms with E-state index < -0.39 is 5.97 Å². The lowest BCUT2D eigenvalue weighted by Crippen LogP contribution is -2.41. The third-order valence-corrected chi connectivity index (χ3v) is 14.0. The molecule has 10 rings (SSSR count). The number of aromatic carboxylic acids is 1. The van der Waals surface area contributed by atoms with Gasteiger partial charge in [0.2, 0.25) is 35.6 Å². The Morgan fingerprint density at radius 2 is 1.05 bits per heavy atom. The number of benzene rings is 4. The van der Waals surface area contributed by atoms with Crippen LogP contribution >= 0.6 is 0 Å². The van der Waals surface area contributed by atoms with E-state index in [0.29, 0.717) is 58.5 Å². The van der Waals surface area contributed by atoms with Crippen LogP contribution in [0.5, 0.6) is 0 Å². The number of anilines is 10. The molecule has 4 aromatic carbocycles. The summed E-state index contributed by atoms with van der Waals surface area (Å²) in [5.41, 5.74) is 14.2. The second-order valence-electron chi connectivity index (χ2n) is 19.7. The Morgan fingerprint density at radius 1 is 0.590 bits per heavy atom. The van der Waals surface area contributed by atoms with Crippen molar-refractivity contribution in [3.63, 3.8) is 0 Å². The number of amides is 3. The second-order valence-corrected chi connectivity index (χ2v) is 19.7. The lowest BCUT2D eigenvalue weighted by molar-refractivity contribution is -0.112. The number of fused-ring (bicyclic) bond motifs is 2. The number of carbonyl (C=O) groups is 4. The second kappa shape index (κ2) is 28.6.